The average Bonchev–Trinajstić information content (AvgIpc) is 3.40. The number of nitrogens with zero attached hydrogens (tertiary/aromatic N) is 1. The van der Waals surface area contributed by atoms with Crippen LogP contribution in [0.2, 0.25) is 0 Å². The van der Waals surface area contributed by atoms with Crippen molar-refractivity contribution in [2.45, 2.75) is 111 Å². The summed E-state index contributed by atoms with van der Waals surface area (Å²) in [6.07, 6.45) is 14.8. The second-order valence-electron chi connectivity index (χ2n) is 18.1. The molecule has 0 bridgehead atoms. The molecular weight excluding hydrogens is 629 g/mol. The summed E-state index contributed by atoms with van der Waals surface area (Å²) in [6.45, 7) is 22.7. The molecule has 49 heavy (non-hydrogen) atoms. The molecule has 5 aliphatic rings. The first-order valence-electron chi connectivity index (χ1n) is 19.4. The Morgan fingerprint density at radius 1 is 0.939 bits per heavy atom. The van der Waals surface area contributed by atoms with Gasteiger partial charge in [-0.25, -0.2) is 13.2 Å². The number of rotatable bonds is 7. The lowest BCUT2D eigenvalue weighted by atomic mass is 9.40. The molecule has 0 radical (unpaired) electrons. The summed E-state index contributed by atoms with van der Waals surface area (Å²) >= 11 is 0. The van der Waals surface area contributed by atoms with Gasteiger partial charge in [-0.05, 0) is 134 Å². The second kappa shape index (κ2) is 13.5. The lowest BCUT2D eigenvalue weighted by Gasteiger charge is -2.64. The molecular formula is C42H64N2O4S. The van der Waals surface area contributed by atoms with Gasteiger partial charge in [-0.15, -0.1) is 0 Å². The fraction of sp³-hybridized carbons (Fsp3) is 0.738. The number of carboxylic acid groups (broad SMARTS) is 1. The van der Waals surface area contributed by atoms with Crippen LogP contribution in [0.5, 0.6) is 0 Å². The van der Waals surface area contributed by atoms with Gasteiger partial charge in [0, 0.05) is 31.7 Å². The first-order valence-corrected chi connectivity index (χ1v) is 21.2. The van der Waals surface area contributed by atoms with Crippen LogP contribution in [0.25, 0.3) is 5.57 Å². The average molecular weight is 693 g/mol. The van der Waals surface area contributed by atoms with Crippen molar-refractivity contribution >= 4 is 21.4 Å². The van der Waals surface area contributed by atoms with Gasteiger partial charge < -0.3 is 15.3 Å². The van der Waals surface area contributed by atoms with E-state index >= 15 is 0 Å². The van der Waals surface area contributed by atoms with Gasteiger partial charge in [0.15, 0.2) is 9.84 Å². The third-order valence-corrected chi connectivity index (χ3v) is 17.0. The van der Waals surface area contributed by atoms with E-state index in [9.17, 15) is 18.3 Å². The highest BCUT2D eigenvalue weighted by molar-refractivity contribution is 7.91. The van der Waals surface area contributed by atoms with E-state index in [0.717, 1.165) is 19.5 Å². The number of fused-ring (bicyclic) bond motifs is 4. The van der Waals surface area contributed by atoms with Gasteiger partial charge in [-0.1, -0.05) is 71.4 Å². The molecule has 1 heterocycles. The van der Waals surface area contributed by atoms with Crippen LogP contribution in [0.4, 0.5) is 0 Å². The summed E-state index contributed by atoms with van der Waals surface area (Å²) in [5.74, 6) is 2.74. The van der Waals surface area contributed by atoms with Crippen molar-refractivity contribution in [2.75, 3.05) is 37.7 Å². The Hall–Kier alpha value is -1.96. The van der Waals surface area contributed by atoms with Crippen LogP contribution in [-0.4, -0.2) is 67.6 Å². The van der Waals surface area contributed by atoms with Gasteiger partial charge in [0.2, 0.25) is 0 Å². The molecule has 3 saturated carbocycles. The monoisotopic (exact) mass is 692 g/mol. The third-order valence-electron chi connectivity index (χ3n) is 15.3. The first kappa shape index (κ1) is 36.8. The summed E-state index contributed by atoms with van der Waals surface area (Å²) in [7, 11) is -2.86. The maximum absolute atomic E-state index is 12.0. The topological polar surface area (TPSA) is 86.7 Å². The molecule has 2 unspecified atom stereocenters. The number of carboxylic acids is 1. The summed E-state index contributed by atoms with van der Waals surface area (Å²) in [4.78, 5) is 13.9. The van der Waals surface area contributed by atoms with Crippen molar-refractivity contribution in [1.29, 1.82) is 0 Å². The number of nitrogens with one attached hydrogen (secondary N) is 1. The number of hydrogen-bond acceptors (Lipinski definition) is 5. The Morgan fingerprint density at radius 3 is 2.27 bits per heavy atom. The van der Waals surface area contributed by atoms with Crippen molar-refractivity contribution in [3.8, 4) is 0 Å². The number of allylic oxidation sites excluding steroid dienone is 3. The molecule has 6 rings (SSSR count). The fourth-order valence-electron chi connectivity index (χ4n) is 12.4. The number of aromatic carboxylic acids is 1. The fourth-order valence-corrected chi connectivity index (χ4v) is 13.7. The predicted molar refractivity (Wildman–Crippen MR) is 201 cm³/mol. The normalized spacial score (nSPS) is 39.1. The highest BCUT2D eigenvalue weighted by Gasteiger charge is 2.60. The highest BCUT2D eigenvalue weighted by Crippen LogP contribution is 2.68. The molecule has 1 aromatic rings. The van der Waals surface area contributed by atoms with Gasteiger partial charge in [0.1, 0.15) is 0 Å². The van der Waals surface area contributed by atoms with Gasteiger partial charge in [0.25, 0.3) is 0 Å². The van der Waals surface area contributed by atoms with E-state index < -0.39 is 15.8 Å². The van der Waals surface area contributed by atoms with Gasteiger partial charge >= 0.3 is 5.97 Å². The van der Waals surface area contributed by atoms with E-state index in [1.54, 1.807) is 12.1 Å². The van der Waals surface area contributed by atoms with Crippen molar-refractivity contribution in [1.82, 2.24) is 10.2 Å². The molecule has 272 valence electrons. The zero-order valence-electron chi connectivity index (χ0n) is 31.3. The van der Waals surface area contributed by atoms with Gasteiger partial charge in [-0.3, -0.25) is 0 Å². The zero-order chi connectivity index (χ0) is 35.4. The summed E-state index contributed by atoms with van der Waals surface area (Å²) in [5, 5.41) is 13.7. The summed E-state index contributed by atoms with van der Waals surface area (Å²) in [5.41, 5.74) is 4.90. The number of hydrogen-bond donors (Lipinski definition) is 2. The minimum absolute atomic E-state index is 0.00570. The second-order valence-corrected chi connectivity index (χ2v) is 20.4. The molecule has 1 aliphatic heterocycles. The number of carbonyl (C=O) groups is 1. The Bertz CT molecular complexity index is 1530. The smallest absolute Gasteiger partial charge is 0.335 e. The number of benzene rings is 1. The summed E-state index contributed by atoms with van der Waals surface area (Å²) in [6, 6.07) is 7.57. The molecule has 0 aromatic heterocycles. The Kier molecular flexibility index (Phi) is 10.2. The lowest BCUT2D eigenvalue weighted by Crippen LogP contribution is -2.57. The van der Waals surface area contributed by atoms with E-state index in [1.165, 1.54) is 74.5 Å². The van der Waals surface area contributed by atoms with Gasteiger partial charge in [-0.2, -0.15) is 0 Å². The van der Waals surface area contributed by atoms with Crippen LogP contribution in [-0.2, 0) is 9.84 Å². The molecule has 0 spiro atoms. The Morgan fingerprint density at radius 2 is 1.61 bits per heavy atom. The van der Waals surface area contributed by atoms with Crippen LogP contribution in [0.1, 0.15) is 122 Å². The van der Waals surface area contributed by atoms with Crippen LogP contribution in [0.15, 0.2) is 42.5 Å². The maximum Gasteiger partial charge on any atom is 0.335 e. The van der Waals surface area contributed by atoms with E-state index in [-0.39, 0.29) is 21.8 Å². The molecule has 0 amide bonds. The van der Waals surface area contributed by atoms with E-state index in [4.69, 9.17) is 0 Å². The minimum Gasteiger partial charge on any atom is -0.478 e. The largest absolute Gasteiger partial charge is 0.478 e. The van der Waals surface area contributed by atoms with Gasteiger partial charge in [0.05, 0.1) is 17.1 Å². The molecule has 4 aliphatic carbocycles. The Labute approximate surface area is 297 Å². The standard InChI is InChI=1S/C42H64N2O4S/c1-29(2)33-16-22-42(43-23-24-44-25-27-49(47,48)28-26-44)21-15-30(3)40(6)20-18-36-39(4,5)34(31-11-13-32(14-12-31)38(45)46)17-19-41(36,7)37(40)10-8-9-35(33)42/h11-14,17,30,33,35-37,43H,1,8-10,15-16,18-28H2,2-7H3,(H,45,46)/t30-,33?,35+,36+,37+,40+,41+,42?/m1/s1. The molecule has 7 heteroatoms. The quantitative estimate of drug-likeness (QED) is 0.279. The SMILES string of the molecule is C=C(C)C1CCC2(NCCN3CCS(=O)(=O)CC3)CC[C@@H](C)[C@]3(C)CC[C@H]4C(C)(C)C(c5ccc(C(=O)O)cc5)=CC[C@]4(C)[C@H]3CCC[C@@H]12. The van der Waals surface area contributed by atoms with E-state index in [0.29, 0.717) is 59.7 Å². The van der Waals surface area contributed by atoms with Crippen LogP contribution < -0.4 is 5.32 Å². The van der Waals surface area contributed by atoms with Crippen LogP contribution in [0.3, 0.4) is 0 Å². The van der Waals surface area contributed by atoms with E-state index in [1.807, 2.05) is 12.1 Å². The molecule has 2 N–H and O–H groups in total. The Balaban J connectivity index is 1.24. The predicted octanol–water partition coefficient (Wildman–Crippen LogP) is 8.50. The van der Waals surface area contributed by atoms with E-state index in [2.05, 4.69) is 64.4 Å². The number of sulfone groups is 1. The molecule has 6 nitrogen and oxygen atoms in total. The molecule has 8 atom stereocenters. The maximum atomic E-state index is 12.0. The van der Waals surface area contributed by atoms with Crippen LogP contribution >= 0.6 is 0 Å². The third kappa shape index (κ3) is 6.75. The first-order chi connectivity index (χ1) is 23.0. The minimum atomic E-state index is -2.86. The van der Waals surface area contributed by atoms with Crippen molar-refractivity contribution in [3.63, 3.8) is 0 Å². The van der Waals surface area contributed by atoms with Crippen molar-refractivity contribution in [2.24, 2.45) is 45.8 Å². The van der Waals surface area contributed by atoms with Crippen molar-refractivity contribution in [3.05, 3.63) is 53.6 Å². The van der Waals surface area contributed by atoms with Crippen molar-refractivity contribution < 1.29 is 18.3 Å². The summed E-state index contributed by atoms with van der Waals surface area (Å²) < 4.78 is 24.0. The highest BCUT2D eigenvalue weighted by atomic mass is 32.2. The molecule has 4 fully saturated rings. The molecule has 1 saturated heterocycles. The zero-order valence-corrected chi connectivity index (χ0v) is 32.1. The lowest BCUT2D eigenvalue weighted by molar-refractivity contribution is -0.120. The van der Waals surface area contributed by atoms with Crippen LogP contribution in [0, 0.1) is 45.8 Å². The molecule has 1 aromatic carbocycles.